The molecule has 0 bridgehead atoms. The van der Waals surface area contributed by atoms with E-state index in [4.69, 9.17) is 5.73 Å². The van der Waals surface area contributed by atoms with E-state index in [-0.39, 0.29) is 42.1 Å². The molecule has 128 valence electrons. The van der Waals surface area contributed by atoms with Gasteiger partial charge in [0.05, 0.1) is 6.04 Å². The Morgan fingerprint density at radius 2 is 1.78 bits per heavy atom. The number of hydrogen-bond donors (Lipinski definition) is 2. The molecule has 23 heavy (non-hydrogen) atoms. The highest BCUT2D eigenvalue weighted by molar-refractivity contribution is 5.85. The lowest BCUT2D eigenvalue weighted by Gasteiger charge is -2.26. The number of halogens is 2. The molecule has 0 heterocycles. The molecule has 2 aliphatic rings. The standard InChI is InChI=1S/C18H25FN2O.ClH/c19-15-8-5-13(6-9-15)17(12-3-1-2-4-12)21-18(22)14-7-10-16(20)11-14;/h5-6,8-9,12,14,16-17H,1-4,7,10-11,20H2,(H,21,22);1H. The highest BCUT2D eigenvalue weighted by atomic mass is 35.5. The molecule has 2 fully saturated rings. The topological polar surface area (TPSA) is 55.1 Å². The second kappa shape index (κ2) is 8.11. The number of amides is 1. The fourth-order valence-corrected chi connectivity index (χ4v) is 3.96. The lowest BCUT2D eigenvalue weighted by molar-refractivity contribution is -0.126. The molecule has 1 aromatic carbocycles. The summed E-state index contributed by atoms with van der Waals surface area (Å²) in [5.74, 6) is 0.389. The number of carbonyl (C=O) groups excluding carboxylic acids is 1. The average Bonchev–Trinajstić information content (AvgIpc) is 3.17. The first-order valence-electron chi connectivity index (χ1n) is 8.45. The molecule has 3 rings (SSSR count). The molecule has 0 spiro atoms. The molecule has 1 amide bonds. The molecular formula is C18H26ClFN2O. The van der Waals surface area contributed by atoms with E-state index >= 15 is 0 Å². The summed E-state index contributed by atoms with van der Waals surface area (Å²) in [6.07, 6.45) is 7.29. The van der Waals surface area contributed by atoms with Crippen LogP contribution in [0.25, 0.3) is 0 Å². The van der Waals surface area contributed by atoms with Crippen LogP contribution in [-0.2, 0) is 4.79 Å². The van der Waals surface area contributed by atoms with Gasteiger partial charge in [-0.05, 0) is 55.7 Å². The molecule has 3 unspecified atom stereocenters. The number of carbonyl (C=O) groups is 1. The lowest BCUT2D eigenvalue weighted by Crippen LogP contribution is -2.36. The van der Waals surface area contributed by atoms with Gasteiger partial charge in [0.15, 0.2) is 0 Å². The SMILES string of the molecule is Cl.NC1CCC(C(=O)NC(c2ccc(F)cc2)C2CCCC2)C1. The van der Waals surface area contributed by atoms with E-state index in [1.54, 1.807) is 12.1 Å². The third-order valence-electron chi connectivity index (χ3n) is 5.24. The van der Waals surface area contributed by atoms with Gasteiger partial charge in [-0.25, -0.2) is 4.39 Å². The van der Waals surface area contributed by atoms with Gasteiger partial charge in [0, 0.05) is 12.0 Å². The Bertz CT molecular complexity index is 516. The van der Waals surface area contributed by atoms with Gasteiger partial charge < -0.3 is 11.1 Å². The molecular weight excluding hydrogens is 315 g/mol. The van der Waals surface area contributed by atoms with E-state index in [9.17, 15) is 9.18 Å². The summed E-state index contributed by atoms with van der Waals surface area (Å²) in [6, 6.07) is 6.74. The first-order valence-corrected chi connectivity index (χ1v) is 8.45. The highest BCUT2D eigenvalue weighted by Gasteiger charge is 2.32. The number of rotatable bonds is 4. The van der Waals surface area contributed by atoms with E-state index in [2.05, 4.69) is 5.32 Å². The zero-order chi connectivity index (χ0) is 15.5. The number of hydrogen-bond acceptors (Lipinski definition) is 2. The molecule has 1 aromatic rings. The largest absolute Gasteiger partial charge is 0.349 e. The van der Waals surface area contributed by atoms with Crippen molar-refractivity contribution in [2.24, 2.45) is 17.6 Å². The Hall–Kier alpha value is -1.13. The van der Waals surface area contributed by atoms with Crippen LogP contribution in [0.2, 0.25) is 0 Å². The van der Waals surface area contributed by atoms with Crippen LogP contribution in [0, 0.1) is 17.7 Å². The lowest BCUT2D eigenvalue weighted by atomic mass is 9.91. The Morgan fingerprint density at radius 3 is 2.35 bits per heavy atom. The molecule has 3 atom stereocenters. The summed E-state index contributed by atoms with van der Waals surface area (Å²) >= 11 is 0. The molecule has 3 N–H and O–H groups in total. The smallest absolute Gasteiger partial charge is 0.223 e. The van der Waals surface area contributed by atoms with Gasteiger partial charge in [-0.15, -0.1) is 12.4 Å². The maximum absolute atomic E-state index is 13.2. The first kappa shape index (κ1) is 18.2. The summed E-state index contributed by atoms with van der Waals surface area (Å²) in [6.45, 7) is 0. The maximum atomic E-state index is 13.2. The molecule has 0 aromatic heterocycles. The van der Waals surface area contributed by atoms with Crippen molar-refractivity contribution in [2.75, 3.05) is 0 Å². The normalized spacial score (nSPS) is 25.8. The number of benzene rings is 1. The van der Waals surface area contributed by atoms with E-state index in [0.717, 1.165) is 37.7 Å². The average molecular weight is 341 g/mol. The predicted molar refractivity (Wildman–Crippen MR) is 91.8 cm³/mol. The van der Waals surface area contributed by atoms with Crippen LogP contribution in [0.1, 0.15) is 56.6 Å². The van der Waals surface area contributed by atoms with Gasteiger partial charge in [0.2, 0.25) is 5.91 Å². The Kier molecular flexibility index (Phi) is 6.42. The Labute approximate surface area is 143 Å². The predicted octanol–water partition coefficient (Wildman–Crippen LogP) is 3.72. The summed E-state index contributed by atoms with van der Waals surface area (Å²) in [5, 5.41) is 3.24. The van der Waals surface area contributed by atoms with Crippen molar-refractivity contribution >= 4 is 18.3 Å². The molecule has 0 aliphatic heterocycles. The van der Waals surface area contributed by atoms with Crippen molar-refractivity contribution in [3.05, 3.63) is 35.6 Å². The zero-order valence-corrected chi connectivity index (χ0v) is 14.2. The van der Waals surface area contributed by atoms with Gasteiger partial charge in [-0.1, -0.05) is 25.0 Å². The van der Waals surface area contributed by atoms with Gasteiger partial charge in [-0.2, -0.15) is 0 Å². The van der Waals surface area contributed by atoms with Crippen LogP contribution in [0.5, 0.6) is 0 Å². The fraction of sp³-hybridized carbons (Fsp3) is 0.611. The number of nitrogens with one attached hydrogen (secondary N) is 1. The Morgan fingerprint density at radius 1 is 1.13 bits per heavy atom. The third-order valence-corrected chi connectivity index (χ3v) is 5.24. The van der Waals surface area contributed by atoms with E-state index < -0.39 is 0 Å². The van der Waals surface area contributed by atoms with Crippen molar-refractivity contribution in [2.45, 2.75) is 57.0 Å². The minimum Gasteiger partial charge on any atom is -0.349 e. The van der Waals surface area contributed by atoms with Gasteiger partial charge in [-0.3, -0.25) is 4.79 Å². The third kappa shape index (κ3) is 4.45. The zero-order valence-electron chi connectivity index (χ0n) is 13.3. The summed E-state index contributed by atoms with van der Waals surface area (Å²) < 4.78 is 13.2. The van der Waals surface area contributed by atoms with Gasteiger partial charge >= 0.3 is 0 Å². The second-order valence-electron chi connectivity index (χ2n) is 6.85. The summed E-state index contributed by atoms with van der Waals surface area (Å²) in [5.41, 5.74) is 6.94. The van der Waals surface area contributed by atoms with Gasteiger partial charge in [0.1, 0.15) is 5.82 Å². The maximum Gasteiger partial charge on any atom is 0.223 e. The molecule has 3 nitrogen and oxygen atoms in total. The Balaban J connectivity index is 0.00000192. The van der Waals surface area contributed by atoms with Crippen LogP contribution in [0.15, 0.2) is 24.3 Å². The van der Waals surface area contributed by atoms with Crippen LogP contribution in [-0.4, -0.2) is 11.9 Å². The summed E-state index contributed by atoms with van der Waals surface area (Å²) in [4.78, 5) is 12.6. The minimum atomic E-state index is -0.234. The van der Waals surface area contributed by atoms with Crippen LogP contribution in [0.4, 0.5) is 4.39 Å². The van der Waals surface area contributed by atoms with Crippen molar-refractivity contribution in [3.8, 4) is 0 Å². The van der Waals surface area contributed by atoms with Gasteiger partial charge in [0.25, 0.3) is 0 Å². The van der Waals surface area contributed by atoms with E-state index in [1.165, 1.54) is 25.0 Å². The minimum absolute atomic E-state index is 0. The molecule has 5 heteroatoms. The van der Waals surface area contributed by atoms with Crippen molar-refractivity contribution < 1.29 is 9.18 Å². The van der Waals surface area contributed by atoms with Crippen LogP contribution >= 0.6 is 12.4 Å². The van der Waals surface area contributed by atoms with Crippen LogP contribution in [0.3, 0.4) is 0 Å². The molecule has 0 saturated heterocycles. The second-order valence-corrected chi connectivity index (χ2v) is 6.85. The first-order chi connectivity index (χ1) is 10.6. The molecule has 2 saturated carbocycles. The van der Waals surface area contributed by atoms with Crippen molar-refractivity contribution in [1.82, 2.24) is 5.32 Å². The van der Waals surface area contributed by atoms with Crippen molar-refractivity contribution in [1.29, 1.82) is 0 Å². The summed E-state index contributed by atoms with van der Waals surface area (Å²) in [7, 11) is 0. The molecule has 0 radical (unpaired) electrons. The quantitative estimate of drug-likeness (QED) is 0.877. The fourth-order valence-electron chi connectivity index (χ4n) is 3.96. The van der Waals surface area contributed by atoms with E-state index in [1.807, 2.05) is 0 Å². The molecule has 2 aliphatic carbocycles. The monoisotopic (exact) mass is 340 g/mol. The number of nitrogens with two attached hydrogens (primary N) is 1. The van der Waals surface area contributed by atoms with Crippen LogP contribution < -0.4 is 11.1 Å². The highest BCUT2D eigenvalue weighted by Crippen LogP contribution is 2.36. The van der Waals surface area contributed by atoms with E-state index in [0.29, 0.717) is 5.92 Å². The van der Waals surface area contributed by atoms with Crippen molar-refractivity contribution in [3.63, 3.8) is 0 Å².